The van der Waals surface area contributed by atoms with E-state index >= 15 is 0 Å². The Bertz CT molecular complexity index is 453. The van der Waals surface area contributed by atoms with Crippen LogP contribution in [-0.4, -0.2) is 29.2 Å². The normalized spacial score (nSPS) is 19.3. The lowest BCUT2D eigenvalue weighted by Gasteiger charge is -2.16. The molecule has 1 aliphatic rings. The number of amides is 1. The van der Waals surface area contributed by atoms with Gasteiger partial charge in [-0.05, 0) is 30.9 Å². The topological polar surface area (TPSA) is 20.3 Å². The van der Waals surface area contributed by atoms with Gasteiger partial charge in [0.1, 0.15) is 11.6 Å². The highest BCUT2D eigenvalue weighted by Crippen LogP contribution is 2.23. The summed E-state index contributed by atoms with van der Waals surface area (Å²) in [5.74, 6) is -1.33. The fourth-order valence-electron chi connectivity index (χ4n) is 2.24. The lowest BCUT2D eigenvalue weighted by molar-refractivity contribution is 0.0782. The fourth-order valence-corrected chi connectivity index (χ4v) is 2.89. The van der Waals surface area contributed by atoms with Gasteiger partial charge < -0.3 is 4.90 Å². The van der Waals surface area contributed by atoms with Crippen molar-refractivity contribution in [3.05, 3.63) is 35.4 Å². The summed E-state index contributed by atoms with van der Waals surface area (Å²) in [6, 6.07) is 3.08. The molecule has 0 spiro atoms. The van der Waals surface area contributed by atoms with Crippen LogP contribution in [0.4, 0.5) is 8.78 Å². The van der Waals surface area contributed by atoms with Gasteiger partial charge in [0.15, 0.2) is 0 Å². The second-order valence-corrected chi connectivity index (χ2v) is 5.30. The summed E-state index contributed by atoms with van der Waals surface area (Å²) in [7, 11) is 0. The molecule has 0 aliphatic carbocycles. The summed E-state index contributed by atoms with van der Waals surface area (Å²) in [6.07, 6.45) is 1.95. The first-order valence-corrected chi connectivity index (χ1v) is 7.04. The predicted molar refractivity (Wildman–Crippen MR) is 68.8 cm³/mol. The Morgan fingerprint density at radius 3 is 2.89 bits per heavy atom. The average Bonchev–Trinajstić information content (AvgIpc) is 2.77. The molecular weight excluding hydrogens is 304 g/mol. The van der Waals surface area contributed by atoms with E-state index in [1.165, 1.54) is 6.07 Å². The molecule has 0 radical (unpaired) electrons. The SMILES string of the molecule is O=C(c1ccc(F)cc1F)N1CCC(CCBr)C1. The number of hydrogen-bond donors (Lipinski definition) is 0. The van der Waals surface area contributed by atoms with Crippen molar-refractivity contribution in [1.82, 2.24) is 4.90 Å². The molecule has 1 atom stereocenters. The van der Waals surface area contributed by atoms with Crippen LogP contribution in [0, 0.1) is 17.6 Å². The highest BCUT2D eigenvalue weighted by Gasteiger charge is 2.27. The average molecular weight is 318 g/mol. The summed E-state index contributed by atoms with van der Waals surface area (Å²) in [6.45, 7) is 1.30. The molecule has 2 nitrogen and oxygen atoms in total. The molecule has 1 heterocycles. The third kappa shape index (κ3) is 2.88. The second kappa shape index (κ2) is 5.78. The van der Waals surface area contributed by atoms with Gasteiger partial charge in [-0.15, -0.1) is 0 Å². The zero-order valence-electron chi connectivity index (χ0n) is 9.83. The van der Waals surface area contributed by atoms with E-state index in [4.69, 9.17) is 0 Å². The Hall–Kier alpha value is -0.970. The second-order valence-electron chi connectivity index (χ2n) is 4.51. The van der Waals surface area contributed by atoms with Gasteiger partial charge in [-0.2, -0.15) is 0 Å². The predicted octanol–water partition coefficient (Wildman–Crippen LogP) is 3.21. The minimum Gasteiger partial charge on any atom is -0.338 e. The Balaban J connectivity index is 2.08. The largest absolute Gasteiger partial charge is 0.338 e. The minimum absolute atomic E-state index is 0.0455. The van der Waals surface area contributed by atoms with Gasteiger partial charge in [0.05, 0.1) is 5.56 Å². The maximum atomic E-state index is 13.5. The molecule has 1 amide bonds. The highest BCUT2D eigenvalue weighted by atomic mass is 79.9. The van der Waals surface area contributed by atoms with Crippen molar-refractivity contribution < 1.29 is 13.6 Å². The van der Waals surface area contributed by atoms with Crippen LogP contribution in [0.2, 0.25) is 0 Å². The number of likely N-dealkylation sites (tertiary alicyclic amines) is 1. The molecule has 18 heavy (non-hydrogen) atoms. The number of halogens is 3. The van der Waals surface area contributed by atoms with E-state index in [2.05, 4.69) is 15.9 Å². The van der Waals surface area contributed by atoms with Crippen LogP contribution in [0.5, 0.6) is 0 Å². The molecule has 1 fully saturated rings. The van der Waals surface area contributed by atoms with E-state index in [9.17, 15) is 13.6 Å². The molecule has 2 rings (SSSR count). The summed E-state index contributed by atoms with van der Waals surface area (Å²) in [5, 5.41) is 0.907. The van der Waals surface area contributed by atoms with Crippen molar-refractivity contribution >= 4 is 21.8 Å². The third-order valence-corrected chi connectivity index (χ3v) is 3.71. The van der Waals surface area contributed by atoms with E-state index in [1.54, 1.807) is 4.90 Å². The van der Waals surface area contributed by atoms with Crippen LogP contribution >= 0.6 is 15.9 Å². The summed E-state index contributed by atoms with van der Waals surface area (Å²) < 4.78 is 26.3. The van der Waals surface area contributed by atoms with Crippen LogP contribution < -0.4 is 0 Å². The molecule has 1 saturated heterocycles. The molecule has 1 aliphatic heterocycles. The summed E-state index contributed by atoms with van der Waals surface area (Å²) in [5.41, 5.74) is -0.0455. The monoisotopic (exact) mass is 317 g/mol. The van der Waals surface area contributed by atoms with Gasteiger partial charge in [-0.1, -0.05) is 15.9 Å². The maximum absolute atomic E-state index is 13.5. The molecule has 5 heteroatoms. The van der Waals surface area contributed by atoms with Crippen LogP contribution in [0.25, 0.3) is 0 Å². The quantitative estimate of drug-likeness (QED) is 0.784. The molecule has 0 bridgehead atoms. The zero-order valence-corrected chi connectivity index (χ0v) is 11.4. The standard InChI is InChI=1S/C13H14BrF2NO/c14-5-3-9-4-6-17(8-9)13(18)11-2-1-10(15)7-12(11)16/h1-2,7,9H,3-6,8H2. The first kappa shape index (κ1) is 13.5. The van der Waals surface area contributed by atoms with Gasteiger partial charge >= 0.3 is 0 Å². The number of alkyl halides is 1. The third-order valence-electron chi connectivity index (χ3n) is 3.25. The van der Waals surface area contributed by atoms with Crippen LogP contribution in [-0.2, 0) is 0 Å². The van der Waals surface area contributed by atoms with Crippen molar-refractivity contribution in [2.45, 2.75) is 12.8 Å². The van der Waals surface area contributed by atoms with Gasteiger partial charge in [0.25, 0.3) is 5.91 Å². The van der Waals surface area contributed by atoms with Gasteiger partial charge in [0.2, 0.25) is 0 Å². The van der Waals surface area contributed by atoms with E-state index in [0.717, 1.165) is 30.3 Å². The Morgan fingerprint density at radius 2 is 2.22 bits per heavy atom. The number of carbonyl (C=O) groups is 1. The van der Waals surface area contributed by atoms with Gasteiger partial charge in [-0.25, -0.2) is 8.78 Å². The molecule has 98 valence electrons. The maximum Gasteiger partial charge on any atom is 0.256 e. The van der Waals surface area contributed by atoms with Crippen molar-refractivity contribution in [3.63, 3.8) is 0 Å². The van der Waals surface area contributed by atoms with Crippen LogP contribution in [0.15, 0.2) is 18.2 Å². The van der Waals surface area contributed by atoms with E-state index in [-0.39, 0.29) is 11.5 Å². The lowest BCUT2D eigenvalue weighted by atomic mass is 10.1. The van der Waals surface area contributed by atoms with Crippen molar-refractivity contribution in [1.29, 1.82) is 0 Å². The fraction of sp³-hybridized carbons (Fsp3) is 0.462. The van der Waals surface area contributed by atoms with Gasteiger partial charge in [-0.3, -0.25) is 4.79 Å². The summed E-state index contributed by atoms with van der Waals surface area (Å²) in [4.78, 5) is 13.7. The highest BCUT2D eigenvalue weighted by molar-refractivity contribution is 9.09. The smallest absolute Gasteiger partial charge is 0.256 e. The Morgan fingerprint density at radius 1 is 1.44 bits per heavy atom. The number of carbonyl (C=O) groups excluding carboxylic acids is 1. The molecule has 0 saturated carbocycles. The molecule has 0 aromatic heterocycles. The Labute approximate surface area is 113 Å². The van der Waals surface area contributed by atoms with Gasteiger partial charge in [0, 0.05) is 24.5 Å². The summed E-state index contributed by atoms with van der Waals surface area (Å²) >= 11 is 3.38. The van der Waals surface area contributed by atoms with Crippen molar-refractivity contribution in [2.24, 2.45) is 5.92 Å². The number of rotatable bonds is 3. The zero-order chi connectivity index (χ0) is 13.1. The number of hydrogen-bond acceptors (Lipinski definition) is 1. The van der Waals surface area contributed by atoms with Crippen LogP contribution in [0.3, 0.4) is 0 Å². The molecule has 1 unspecified atom stereocenters. The number of nitrogens with zero attached hydrogens (tertiary/aromatic N) is 1. The lowest BCUT2D eigenvalue weighted by Crippen LogP contribution is -2.29. The van der Waals surface area contributed by atoms with Crippen molar-refractivity contribution in [3.8, 4) is 0 Å². The molecule has 1 aromatic carbocycles. The van der Waals surface area contributed by atoms with Crippen molar-refractivity contribution in [2.75, 3.05) is 18.4 Å². The van der Waals surface area contributed by atoms with E-state index in [0.29, 0.717) is 19.0 Å². The van der Waals surface area contributed by atoms with E-state index < -0.39 is 11.6 Å². The first-order valence-electron chi connectivity index (χ1n) is 5.92. The van der Waals surface area contributed by atoms with E-state index in [1.807, 2.05) is 0 Å². The minimum atomic E-state index is -0.788. The Kier molecular flexibility index (Phi) is 4.32. The van der Waals surface area contributed by atoms with Crippen LogP contribution in [0.1, 0.15) is 23.2 Å². The first-order chi connectivity index (χ1) is 8.61. The molecule has 0 N–H and O–H groups in total. The number of benzene rings is 1. The molecular formula is C13H14BrF2NO. The molecule has 1 aromatic rings.